The summed E-state index contributed by atoms with van der Waals surface area (Å²) in [5.41, 5.74) is 2.15. The van der Waals surface area contributed by atoms with E-state index < -0.39 is 12.1 Å². The van der Waals surface area contributed by atoms with E-state index in [0.29, 0.717) is 17.9 Å². The Hall–Kier alpha value is -1.79. The second-order valence-electron chi connectivity index (χ2n) is 4.89. The van der Waals surface area contributed by atoms with Crippen LogP contribution in [0.25, 0.3) is 11.4 Å². The van der Waals surface area contributed by atoms with E-state index in [9.17, 15) is 13.2 Å². The number of aryl methyl sites for hydroxylation is 2. The molecule has 1 unspecified atom stereocenters. The Kier molecular flexibility index (Phi) is 2.65. The number of aromatic amines is 1. The van der Waals surface area contributed by atoms with Crippen molar-refractivity contribution in [3.63, 3.8) is 0 Å². The number of nitrogens with one attached hydrogen (secondary N) is 1. The van der Waals surface area contributed by atoms with Gasteiger partial charge in [-0.05, 0) is 12.8 Å². The topological polar surface area (TPSA) is 46.5 Å². The number of nitrogens with zero attached hydrogens (tertiary/aromatic N) is 3. The van der Waals surface area contributed by atoms with Crippen LogP contribution in [-0.2, 0) is 19.9 Å². The summed E-state index contributed by atoms with van der Waals surface area (Å²) in [6.07, 6.45) is -0.218. The number of hydrogen-bond donors (Lipinski definition) is 1. The maximum Gasteiger partial charge on any atom is 0.392 e. The average Bonchev–Trinajstić information content (AvgIpc) is 2.92. The van der Waals surface area contributed by atoms with Crippen molar-refractivity contribution in [2.75, 3.05) is 0 Å². The van der Waals surface area contributed by atoms with Crippen molar-refractivity contribution in [2.45, 2.75) is 25.4 Å². The summed E-state index contributed by atoms with van der Waals surface area (Å²) in [6.45, 7) is 0. The molecule has 4 nitrogen and oxygen atoms in total. The lowest BCUT2D eigenvalue weighted by molar-refractivity contribution is -0.177. The van der Waals surface area contributed by atoms with E-state index in [1.54, 1.807) is 24.1 Å². The second kappa shape index (κ2) is 4.11. The van der Waals surface area contributed by atoms with Gasteiger partial charge < -0.3 is 4.98 Å². The Balaban J connectivity index is 1.89. The molecule has 0 saturated carbocycles. The molecule has 102 valence electrons. The van der Waals surface area contributed by atoms with Crippen molar-refractivity contribution in [3.05, 3.63) is 23.8 Å². The van der Waals surface area contributed by atoms with Gasteiger partial charge in [0, 0.05) is 25.4 Å². The fourth-order valence-electron chi connectivity index (χ4n) is 2.44. The van der Waals surface area contributed by atoms with Gasteiger partial charge in [-0.3, -0.25) is 4.68 Å². The first-order chi connectivity index (χ1) is 8.93. The monoisotopic (exact) mass is 270 g/mol. The first-order valence-corrected chi connectivity index (χ1v) is 6.07. The lowest BCUT2D eigenvalue weighted by atomic mass is 9.89. The van der Waals surface area contributed by atoms with E-state index in [2.05, 4.69) is 15.1 Å². The van der Waals surface area contributed by atoms with Crippen LogP contribution in [0.4, 0.5) is 13.2 Å². The summed E-state index contributed by atoms with van der Waals surface area (Å²) in [4.78, 5) is 7.38. The number of aromatic nitrogens is 4. The minimum Gasteiger partial charge on any atom is -0.342 e. The Morgan fingerprint density at radius 2 is 2.21 bits per heavy atom. The number of rotatable bonds is 1. The standard InChI is InChI=1S/C12H13F3N4/c1-19-6-7(5-16-19)11-17-9-3-2-8(12(13,14)15)4-10(9)18-11/h5-6,8H,2-4H2,1H3,(H,17,18). The molecule has 0 amide bonds. The summed E-state index contributed by atoms with van der Waals surface area (Å²) in [5, 5.41) is 4.03. The Morgan fingerprint density at radius 1 is 1.42 bits per heavy atom. The van der Waals surface area contributed by atoms with Gasteiger partial charge in [-0.1, -0.05) is 0 Å². The predicted molar refractivity (Wildman–Crippen MR) is 62.4 cm³/mol. The molecule has 0 aliphatic heterocycles. The number of fused-ring (bicyclic) bond motifs is 1. The van der Waals surface area contributed by atoms with Crippen molar-refractivity contribution in [3.8, 4) is 11.4 Å². The van der Waals surface area contributed by atoms with Crippen molar-refractivity contribution >= 4 is 0 Å². The predicted octanol–water partition coefficient (Wildman–Crippen LogP) is 2.48. The summed E-state index contributed by atoms with van der Waals surface area (Å²) in [6, 6.07) is 0. The third-order valence-corrected chi connectivity index (χ3v) is 3.49. The van der Waals surface area contributed by atoms with Gasteiger partial charge in [0.05, 0.1) is 23.4 Å². The largest absolute Gasteiger partial charge is 0.392 e. The van der Waals surface area contributed by atoms with Gasteiger partial charge in [0.1, 0.15) is 5.82 Å². The smallest absolute Gasteiger partial charge is 0.342 e. The van der Waals surface area contributed by atoms with Gasteiger partial charge in [0.2, 0.25) is 0 Å². The van der Waals surface area contributed by atoms with E-state index in [1.165, 1.54) is 0 Å². The molecule has 1 aliphatic rings. The Labute approximate surface area is 107 Å². The molecular formula is C12H13F3N4. The second-order valence-corrected chi connectivity index (χ2v) is 4.89. The average molecular weight is 270 g/mol. The van der Waals surface area contributed by atoms with Crippen LogP contribution in [0, 0.1) is 5.92 Å². The van der Waals surface area contributed by atoms with Crippen LogP contribution in [0.2, 0.25) is 0 Å². The molecule has 0 spiro atoms. The van der Waals surface area contributed by atoms with E-state index in [-0.39, 0.29) is 12.8 Å². The molecule has 0 aromatic carbocycles. The fourth-order valence-corrected chi connectivity index (χ4v) is 2.44. The molecule has 3 rings (SSSR count). The molecule has 2 aromatic rings. The van der Waals surface area contributed by atoms with Gasteiger partial charge in [-0.2, -0.15) is 18.3 Å². The molecule has 0 saturated heterocycles. The van der Waals surface area contributed by atoms with Crippen LogP contribution >= 0.6 is 0 Å². The van der Waals surface area contributed by atoms with Crippen molar-refractivity contribution in [2.24, 2.45) is 13.0 Å². The third-order valence-electron chi connectivity index (χ3n) is 3.49. The quantitative estimate of drug-likeness (QED) is 0.865. The van der Waals surface area contributed by atoms with Crippen LogP contribution in [0.1, 0.15) is 17.8 Å². The number of imidazole rings is 1. The van der Waals surface area contributed by atoms with Gasteiger partial charge in [-0.15, -0.1) is 0 Å². The summed E-state index contributed by atoms with van der Waals surface area (Å²) < 4.78 is 39.8. The van der Waals surface area contributed by atoms with Crippen LogP contribution in [0.3, 0.4) is 0 Å². The van der Waals surface area contributed by atoms with Gasteiger partial charge in [0.25, 0.3) is 0 Å². The van der Waals surface area contributed by atoms with Crippen LogP contribution < -0.4 is 0 Å². The summed E-state index contributed by atoms with van der Waals surface area (Å²) in [5.74, 6) is -0.664. The maximum absolute atomic E-state index is 12.7. The molecule has 7 heteroatoms. The van der Waals surface area contributed by atoms with Gasteiger partial charge in [-0.25, -0.2) is 4.98 Å². The van der Waals surface area contributed by atoms with E-state index in [4.69, 9.17) is 0 Å². The Bertz CT molecular complexity index is 596. The molecule has 1 aliphatic carbocycles. The molecule has 2 aromatic heterocycles. The highest BCUT2D eigenvalue weighted by Crippen LogP contribution is 2.36. The Morgan fingerprint density at radius 3 is 2.84 bits per heavy atom. The number of halogens is 3. The molecule has 0 fully saturated rings. The lowest BCUT2D eigenvalue weighted by Gasteiger charge is -2.23. The SMILES string of the molecule is Cn1cc(-c2nc3c([nH]2)CC(C(F)(F)F)CC3)cn1. The lowest BCUT2D eigenvalue weighted by Crippen LogP contribution is -2.28. The summed E-state index contributed by atoms with van der Waals surface area (Å²) in [7, 11) is 1.78. The zero-order valence-electron chi connectivity index (χ0n) is 10.3. The first kappa shape index (κ1) is 12.3. The van der Waals surface area contributed by atoms with E-state index in [0.717, 1.165) is 11.3 Å². The van der Waals surface area contributed by atoms with Gasteiger partial charge >= 0.3 is 6.18 Å². The number of H-pyrrole nitrogens is 1. The van der Waals surface area contributed by atoms with Gasteiger partial charge in [0.15, 0.2) is 0 Å². The van der Waals surface area contributed by atoms with Crippen LogP contribution in [-0.4, -0.2) is 25.9 Å². The van der Waals surface area contributed by atoms with E-state index in [1.807, 2.05) is 0 Å². The minimum atomic E-state index is -4.13. The highest BCUT2D eigenvalue weighted by atomic mass is 19.4. The molecule has 1 atom stereocenters. The van der Waals surface area contributed by atoms with Crippen LogP contribution in [0.15, 0.2) is 12.4 Å². The highest BCUT2D eigenvalue weighted by molar-refractivity contribution is 5.53. The normalized spacial score (nSPS) is 19.5. The van der Waals surface area contributed by atoms with Crippen molar-refractivity contribution in [1.82, 2.24) is 19.7 Å². The van der Waals surface area contributed by atoms with E-state index >= 15 is 0 Å². The fraction of sp³-hybridized carbons (Fsp3) is 0.500. The highest BCUT2D eigenvalue weighted by Gasteiger charge is 2.42. The van der Waals surface area contributed by atoms with Crippen LogP contribution in [0.5, 0.6) is 0 Å². The molecule has 2 heterocycles. The third kappa shape index (κ3) is 2.24. The minimum absolute atomic E-state index is 0.00784. The number of hydrogen-bond acceptors (Lipinski definition) is 2. The maximum atomic E-state index is 12.7. The molecule has 0 bridgehead atoms. The molecule has 1 N–H and O–H groups in total. The molecular weight excluding hydrogens is 257 g/mol. The van der Waals surface area contributed by atoms with Crippen molar-refractivity contribution < 1.29 is 13.2 Å². The zero-order chi connectivity index (χ0) is 13.6. The summed E-state index contributed by atoms with van der Waals surface area (Å²) >= 11 is 0. The first-order valence-electron chi connectivity index (χ1n) is 6.07. The molecule has 19 heavy (non-hydrogen) atoms. The molecule has 0 radical (unpaired) electrons. The van der Waals surface area contributed by atoms with Crippen molar-refractivity contribution in [1.29, 1.82) is 0 Å². The number of alkyl halides is 3. The zero-order valence-corrected chi connectivity index (χ0v) is 10.3.